The van der Waals surface area contributed by atoms with E-state index in [9.17, 15) is 4.79 Å². The Morgan fingerprint density at radius 1 is 1.28 bits per heavy atom. The van der Waals surface area contributed by atoms with E-state index in [1.807, 2.05) is 26.0 Å². The summed E-state index contributed by atoms with van der Waals surface area (Å²) < 4.78 is 0. The Bertz CT molecular complexity index is 388. The fraction of sp³-hybridized carbons (Fsp3) is 0.533. The Labute approximate surface area is 110 Å². The van der Waals surface area contributed by atoms with Gasteiger partial charge >= 0.3 is 0 Å². The number of carbonyl (C=O) groups is 1. The Morgan fingerprint density at radius 2 is 1.89 bits per heavy atom. The minimum Gasteiger partial charge on any atom is -0.354 e. The number of benzene rings is 1. The van der Waals surface area contributed by atoms with Crippen LogP contribution in [0.2, 0.25) is 0 Å². The summed E-state index contributed by atoms with van der Waals surface area (Å²) in [6.07, 6.45) is 1.71. The van der Waals surface area contributed by atoms with E-state index in [2.05, 4.69) is 24.4 Å². The molecule has 0 fully saturated rings. The fourth-order valence-corrected chi connectivity index (χ4v) is 2.05. The molecule has 1 rings (SSSR count). The van der Waals surface area contributed by atoms with Gasteiger partial charge in [0.05, 0.1) is 5.92 Å². The van der Waals surface area contributed by atoms with Crippen molar-refractivity contribution in [3.63, 3.8) is 0 Å². The summed E-state index contributed by atoms with van der Waals surface area (Å²) in [5, 5.41) is 2.93. The zero-order valence-electron chi connectivity index (χ0n) is 11.6. The van der Waals surface area contributed by atoms with Crippen LogP contribution in [-0.4, -0.2) is 18.5 Å². The van der Waals surface area contributed by atoms with Crippen LogP contribution < -0.4 is 11.1 Å². The minimum absolute atomic E-state index is 0.0541. The number of rotatable bonds is 6. The van der Waals surface area contributed by atoms with Crippen LogP contribution in [0.4, 0.5) is 0 Å². The number of nitrogens with two attached hydrogens (primary N) is 1. The van der Waals surface area contributed by atoms with Gasteiger partial charge in [-0.1, -0.05) is 31.2 Å². The van der Waals surface area contributed by atoms with Crippen LogP contribution in [0.25, 0.3) is 0 Å². The average molecular weight is 248 g/mol. The van der Waals surface area contributed by atoms with Gasteiger partial charge in [0.2, 0.25) is 5.91 Å². The highest BCUT2D eigenvalue weighted by Gasteiger charge is 2.18. The van der Waals surface area contributed by atoms with Crippen LogP contribution in [0.15, 0.2) is 24.3 Å². The molecule has 1 aromatic rings. The first-order valence-corrected chi connectivity index (χ1v) is 6.65. The molecule has 1 unspecified atom stereocenters. The first-order chi connectivity index (χ1) is 8.58. The van der Waals surface area contributed by atoms with Gasteiger partial charge in [0.1, 0.15) is 0 Å². The maximum Gasteiger partial charge on any atom is 0.224 e. The van der Waals surface area contributed by atoms with Gasteiger partial charge < -0.3 is 11.1 Å². The molecule has 0 spiro atoms. The van der Waals surface area contributed by atoms with Crippen LogP contribution >= 0.6 is 0 Å². The molecule has 1 atom stereocenters. The second kappa shape index (κ2) is 7.17. The average Bonchev–Trinajstić information content (AvgIpc) is 2.35. The lowest BCUT2D eigenvalue weighted by Crippen LogP contribution is -2.39. The van der Waals surface area contributed by atoms with Gasteiger partial charge in [-0.05, 0) is 37.8 Å². The van der Waals surface area contributed by atoms with Crippen LogP contribution in [0.3, 0.4) is 0 Å². The van der Waals surface area contributed by atoms with E-state index in [1.165, 1.54) is 11.1 Å². The predicted octanol–water partition coefficient (Wildman–Crippen LogP) is 1.89. The molecule has 0 heterocycles. The van der Waals surface area contributed by atoms with Crippen LogP contribution in [-0.2, 0) is 17.6 Å². The zero-order chi connectivity index (χ0) is 13.5. The van der Waals surface area contributed by atoms with Gasteiger partial charge in [-0.15, -0.1) is 0 Å². The standard InChI is InChI=1S/C15H24N2O/c1-4-12-7-5-6-8-13(12)9-14(10-16)15(18)17-11(2)3/h5-8,11,14H,4,9-10,16H2,1-3H3,(H,17,18). The van der Waals surface area contributed by atoms with Gasteiger partial charge in [0.25, 0.3) is 0 Å². The summed E-state index contributed by atoms with van der Waals surface area (Å²) in [5.74, 6) is -0.0847. The third kappa shape index (κ3) is 4.15. The largest absolute Gasteiger partial charge is 0.354 e. The van der Waals surface area contributed by atoms with E-state index < -0.39 is 0 Å². The van der Waals surface area contributed by atoms with Crippen molar-refractivity contribution >= 4 is 5.91 Å². The van der Waals surface area contributed by atoms with Crippen molar-refractivity contribution in [2.45, 2.75) is 39.7 Å². The summed E-state index contributed by atoms with van der Waals surface area (Å²) in [7, 11) is 0. The predicted molar refractivity (Wildman–Crippen MR) is 75.3 cm³/mol. The molecule has 3 heteroatoms. The number of carbonyl (C=O) groups excluding carboxylic acids is 1. The first-order valence-electron chi connectivity index (χ1n) is 6.65. The van der Waals surface area contributed by atoms with Crippen LogP contribution in [0, 0.1) is 5.92 Å². The molecule has 1 aromatic carbocycles. The maximum absolute atomic E-state index is 12.0. The van der Waals surface area contributed by atoms with Crippen molar-refractivity contribution in [3.8, 4) is 0 Å². The molecule has 0 saturated heterocycles. The Hall–Kier alpha value is -1.35. The quantitative estimate of drug-likeness (QED) is 0.807. The highest BCUT2D eigenvalue weighted by molar-refractivity contribution is 5.79. The van der Waals surface area contributed by atoms with E-state index in [0.29, 0.717) is 6.54 Å². The summed E-state index contributed by atoms with van der Waals surface area (Å²) in [5.41, 5.74) is 8.26. The normalized spacial score (nSPS) is 12.5. The lowest BCUT2D eigenvalue weighted by Gasteiger charge is -2.18. The fourth-order valence-electron chi connectivity index (χ4n) is 2.05. The van der Waals surface area contributed by atoms with Crippen molar-refractivity contribution in [2.75, 3.05) is 6.54 Å². The van der Waals surface area contributed by atoms with E-state index in [1.54, 1.807) is 0 Å². The monoisotopic (exact) mass is 248 g/mol. The summed E-state index contributed by atoms with van der Waals surface area (Å²) in [6.45, 7) is 6.44. The highest BCUT2D eigenvalue weighted by Crippen LogP contribution is 2.14. The molecule has 3 nitrogen and oxygen atoms in total. The summed E-state index contributed by atoms with van der Waals surface area (Å²) in [6, 6.07) is 8.41. The van der Waals surface area contributed by atoms with Crippen molar-refractivity contribution < 1.29 is 4.79 Å². The van der Waals surface area contributed by atoms with Crippen molar-refractivity contribution in [3.05, 3.63) is 35.4 Å². The molecule has 1 amide bonds. The number of aryl methyl sites for hydroxylation is 1. The SMILES string of the molecule is CCc1ccccc1CC(CN)C(=O)NC(C)C. The Kier molecular flexibility index (Phi) is 5.86. The topological polar surface area (TPSA) is 55.1 Å². The van der Waals surface area contributed by atoms with Gasteiger partial charge in [0.15, 0.2) is 0 Å². The molecule has 0 aliphatic carbocycles. The van der Waals surface area contributed by atoms with E-state index in [-0.39, 0.29) is 17.9 Å². The lowest BCUT2D eigenvalue weighted by atomic mass is 9.94. The Morgan fingerprint density at radius 3 is 2.39 bits per heavy atom. The third-order valence-electron chi connectivity index (χ3n) is 3.05. The first kappa shape index (κ1) is 14.7. The van der Waals surface area contributed by atoms with Gasteiger partial charge in [-0.3, -0.25) is 4.79 Å². The molecule has 0 radical (unpaired) electrons. The van der Waals surface area contributed by atoms with E-state index in [4.69, 9.17) is 5.73 Å². The minimum atomic E-state index is -0.139. The van der Waals surface area contributed by atoms with E-state index in [0.717, 1.165) is 12.8 Å². The molecule has 100 valence electrons. The highest BCUT2D eigenvalue weighted by atomic mass is 16.1. The second-order valence-corrected chi connectivity index (χ2v) is 4.92. The van der Waals surface area contributed by atoms with Gasteiger partial charge in [-0.25, -0.2) is 0 Å². The molecular formula is C15H24N2O. The molecule has 3 N–H and O–H groups in total. The third-order valence-corrected chi connectivity index (χ3v) is 3.05. The molecule has 0 saturated carbocycles. The zero-order valence-corrected chi connectivity index (χ0v) is 11.6. The molecule has 18 heavy (non-hydrogen) atoms. The molecular weight excluding hydrogens is 224 g/mol. The van der Waals surface area contributed by atoms with E-state index >= 15 is 0 Å². The van der Waals surface area contributed by atoms with Gasteiger partial charge in [-0.2, -0.15) is 0 Å². The smallest absolute Gasteiger partial charge is 0.224 e. The van der Waals surface area contributed by atoms with Crippen LogP contribution in [0.1, 0.15) is 31.9 Å². The molecule has 0 aliphatic rings. The van der Waals surface area contributed by atoms with Crippen molar-refractivity contribution in [2.24, 2.45) is 11.7 Å². The Balaban J connectivity index is 2.76. The van der Waals surface area contributed by atoms with Crippen LogP contribution in [0.5, 0.6) is 0 Å². The van der Waals surface area contributed by atoms with Gasteiger partial charge in [0, 0.05) is 12.6 Å². The van der Waals surface area contributed by atoms with Crippen molar-refractivity contribution in [1.82, 2.24) is 5.32 Å². The lowest BCUT2D eigenvalue weighted by molar-refractivity contribution is -0.125. The van der Waals surface area contributed by atoms with Crippen molar-refractivity contribution in [1.29, 1.82) is 0 Å². The number of hydrogen-bond donors (Lipinski definition) is 2. The molecule has 0 aromatic heterocycles. The maximum atomic E-state index is 12.0. The summed E-state index contributed by atoms with van der Waals surface area (Å²) >= 11 is 0. The number of nitrogens with one attached hydrogen (secondary N) is 1. The summed E-state index contributed by atoms with van der Waals surface area (Å²) in [4.78, 5) is 12.0. The number of amides is 1. The number of hydrogen-bond acceptors (Lipinski definition) is 2. The molecule has 0 aliphatic heterocycles. The molecule has 0 bridgehead atoms. The second-order valence-electron chi connectivity index (χ2n) is 4.92.